The van der Waals surface area contributed by atoms with E-state index < -0.39 is 11.9 Å². The molecule has 0 radical (unpaired) electrons. The Morgan fingerprint density at radius 1 is 1.15 bits per heavy atom. The van der Waals surface area contributed by atoms with Crippen molar-refractivity contribution in [3.63, 3.8) is 0 Å². The van der Waals surface area contributed by atoms with E-state index >= 15 is 0 Å². The number of anilines is 1. The van der Waals surface area contributed by atoms with Crippen LogP contribution in [-0.2, 0) is 12.7 Å². The molecule has 1 aromatic heterocycles. The fourth-order valence-electron chi connectivity index (χ4n) is 2.81. The molecule has 2 amide bonds. The van der Waals surface area contributed by atoms with Crippen molar-refractivity contribution < 1.29 is 18.0 Å². The molecule has 8 heteroatoms. The molecule has 5 nitrogen and oxygen atoms in total. The number of urea groups is 1. The van der Waals surface area contributed by atoms with Crippen LogP contribution in [0.4, 0.5) is 23.7 Å². The highest BCUT2D eigenvalue weighted by molar-refractivity contribution is 6.01. The van der Waals surface area contributed by atoms with Gasteiger partial charge >= 0.3 is 12.2 Å². The zero-order valence-electron chi connectivity index (χ0n) is 14.7. The van der Waals surface area contributed by atoms with Gasteiger partial charge in [0.1, 0.15) is 0 Å². The summed E-state index contributed by atoms with van der Waals surface area (Å²) in [4.78, 5) is 12.1. The number of aromatic nitrogens is 2. The highest BCUT2D eigenvalue weighted by atomic mass is 19.4. The normalized spacial score (nSPS) is 11.6. The zero-order valence-corrected chi connectivity index (χ0v) is 14.7. The number of amides is 2. The van der Waals surface area contributed by atoms with Crippen LogP contribution >= 0.6 is 0 Å². The first-order valence-electron chi connectivity index (χ1n) is 8.49. The molecule has 2 N–H and O–H groups in total. The number of carbonyl (C=O) groups is 1. The lowest BCUT2D eigenvalue weighted by atomic mass is 10.1. The van der Waals surface area contributed by atoms with E-state index in [1.807, 2.05) is 42.5 Å². The summed E-state index contributed by atoms with van der Waals surface area (Å²) in [7, 11) is 0. The second-order valence-electron chi connectivity index (χ2n) is 6.15. The Hall–Kier alpha value is -3.03. The quantitative estimate of drug-likeness (QED) is 0.641. The van der Waals surface area contributed by atoms with Gasteiger partial charge in [-0.15, -0.1) is 0 Å². The van der Waals surface area contributed by atoms with E-state index in [-0.39, 0.29) is 12.6 Å². The van der Waals surface area contributed by atoms with Gasteiger partial charge in [-0.1, -0.05) is 36.4 Å². The van der Waals surface area contributed by atoms with E-state index in [1.165, 1.54) is 4.68 Å². The minimum atomic E-state index is -4.45. The number of fused-ring (bicyclic) bond motifs is 1. The molecule has 0 fully saturated rings. The first-order chi connectivity index (χ1) is 12.8. The number of nitrogens with one attached hydrogen (secondary N) is 2. The Morgan fingerprint density at radius 3 is 2.63 bits per heavy atom. The summed E-state index contributed by atoms with van der Waals surface area (Å²) < 4.78 is 39.3. The predicted octanol–water partition coefficient (Wildman–Crippen LogP) is 4.58. The second-order valence-corrected chi connectivity index (χ2v) is 6.15. The van der Waals surface area contributed by atoms with Crippen LogP contribution in [0, 0.1) is 6.92 Å². The maximum atomic E-state index is 12.7. The monoisotopic (exact) mass is 376 g/mol. The summed E-state index contributed by atoms with van der Waals surface area (Å²) in [6.45, 7) is 2.18. The largest absolute Gasteiger partial charge is 0.435 e. The van der Waals surface area contributed by atoms with Gasteiger partial charge in [0, 0.05) is 24.2 Å². The molecule has 3 aromatic rings. The average molecular weight is 376 g/mol. The third-order valence-electron chi connectivity index (χ3n) is 4.14. The molecule has 27 heavy (non-hydrogen) atoms. The topological polar surface area (TPSA) is 59.0 Å². The standard InChI is InChI=1S/C19H19F3N4O/c1-13-12-17(19(20,21)22)25-26(13)11-5-10-23-18(27)24-16-9-4-7-14-6-2-3-8-15(14)16/h2-4,6-9,12H,5,10-11H2,1H3,(H2,23,24,27). The molecule has 0 unspecified atom stereocenters. The summed E-state index contributed by atoms with van der Waals surface area (Å²) in [5.41, 5.74) is 0.229. The third kappa shape index (κ3) is 4.58. The number of hydrogen-bond acceptors (Lipinski definition) is 2. The third-order valence-corrected chi connectivity index (χ3v) is 4.14. The molecule has 0 aliphatic heterocycles. The van der Waals surface area contributed by atoms with Crippen LogP contribution < -0.4 is 10.6 Å². The Bertz CT molecular complexity index is 944. The number of benzene rings is 2. The van der Waals surface area contributed by atoms with Crippen LogP contribution in [-0.4, -0.2) is 22.4 Å². The fraction of sp³-hybridized carbons (Fsp3) is 0.263. The average Bonchev–Trinajstić information content (AvgIpc) is 3.00. The summed E-state index contributed by atoms with van der Waals surface area (Å²) in [5.74, 6) is 0. The number of alkyl halides is 3. The van der Waals surface area contributed by atoms with Crippen LogP contribution in [0.5, 0.6) is 0 Å². The fourth-order valence-corrected chi connectivity index (χ4v) is 2.81. The Kier molecular flexibility index (Phi) is 5.34. The maximum absolute atomic E-state index is 12.7. The van der Waals surface area contributed by atoms with Crippen molar-refractivity contribution in [1.29, 1.82) is 0 Å². The first-order valence-corrected chi connectivity index (χ1v) is 8.49. The van der Waals surface area contributed by atoms with Crippen LogP contribution in [0.1, 0.15) is 17.8 Å². The van der Waals surface area contributed by atoms with Gasteiger partial charge in [0.15, 0.2) is 5.69 Å². The van der Waals surface area contributed by atoms with Gasteiger partial charge in [-0.2, -0.15) is 18.3 Å². The number of aryl methyl sites for hydroxylation is 2. The number of halogens is 3. The maximum Gasteiger partial charge on any atom is 0.435 e. The van der Waals surface area contributed by atoms with Gasteiger partial charge in [-0.3, -0.25) is 4.68 Å². The summed E-state index contributed by atoms with van der Waals surface area (Å²) in [6, 6.07) is 14.0. The SMILES string of the molecule is Cc1cc(C(F)(F)F)nn1CCCNC(=O)Nc1cccc2ccccc12. The molecular formula is C19H19F3N4O. The van der Waals surface area contributed by atoms with Crippen molar-refractivity contribution >= 4 is 22.5 Å². The van der Waals surface area contributed by atoms with Crippen molar-refractivity contribution in [1.82, 2.24) is 15.1 Å². The number of rotatable bonds is 5. The van der Waals surface area contributed by atoms with Gasteiger partial charge in [-0.25, -0.2) is 4.79 Å². The lowest BCUT2D eigenvalue weighted by Gasteiger charge is -2.10. The molecule has 2 aromatic carbocycles. The van der Waals surface area contributed by atoms with Gasteiger partial charge in [0.25, 0.3) is 0 Å². The summed E-state index contributed by atoms with van der Waals surface area (Å²) in [6.07, 6.45) is -3.99. The minimum Gasteiger partial charge on any atom is -0.338 e. The van der Waals surface area contributed by atoms with Crippen molar-refractivity contribution in [2.75, 3.05) is 11.9 Å². The van der Waals surface area contributed by atoms with Crippen molar-refractivity contribution in [2.45, 2.75) is 26.1 Å². The van der Waals surface area contributed by atoms with Crippen LogP contribution in [0.15, 0.2) is 48.5 Å². The predicted molar refractivity (Wildman–Crippen MR) is 97.6 cm³/mol. The smallest absolute Gasteiger partial charge is 0.338 e. The van der Waals surface area contributed by atoms with E-state index in [0.29, 0.717) is 24.3 Å². The molecule has 0 atom stereocenters. The van der Waals surface area contributed by atoms with Gasteiger partial charge in [0.05, 0.1) is 5.69 Å². The summed E-state index contributed by atoms with van der Waals surface area (Å²) >= 11 is 0. The highest BCUT2D eigenvalue weighted by Gasteiger charge is 2.34. The summed E-state index contributed by atoms with van der Waals surface area (Å²) in [5, 5.41) is 11.0. The molecule has 0 spiro atoms. The molecule has 0 saturated carbocycles. The molecule has 0 aliphatic carbocycles. The molecule has 0 saturated heterocycles. The van der Waals surface area contributed by atoms with E-state index in [9.17, 15) is 18.0 Å². The van der Waals surface area contributed by atoms with Crippen LogP contribution in [0.25, 0.3) is 10.8 Å². The van der Waals surface area contributed by atoms with E-state index in [2.05, 4.69) is 15.7 Å². The minimum absolute atomic E-state index is 0.288. The zero-order chi connectivity index (χ0) is 19.4. The Labute approximate surface area is 154 Å². The lowest BCUT2D eigenvalue weighted by molar-refractivity contribution is -0.141. The Balaban J connectivity index is 1.51. The molecule has 1 heterocycles. The molecular weight excluding hydrogens is 357 g/mol. The van der Waals surface area contributed by atoms with Crippen molar-refractivity contribution in [3.05, 3.63) is 59.9 Å². The number of nitrogens with zero attached hydrogens (tertiary/aromatic N) is 2. The van der Waals surface area contributed by atoms with E-state index in [0.717, 1.165) is 16.8 Å². The first kappa shape index (κ1) is 18.8. The second kappa shape index (κ2) is 7.69. The number of carbonyl (C=O) groups excluding carboxylic acids is 1. The molecule has 0 aliphatic rings. The van der Waals surface area contributed by atoms with Crippen molar-refractivity contribution in [3.8, 4) is 0 Å². The Morgan fingerprint density at radius 2 is 1.89 bits per heavy atom. The van der Waals surface area contributed by atoms with E-state index in [1.54, 1.807) is 6.92 Å². The van der Waals surface area contributed by atoms with Crippen LogP contribution in [0.2, 0.25) is 0 Å². The number of hydrogen-bond donors (Lipinski definition) is 2. The molecule has 3 rings (SSSR count). The lowest BCUT2D eigenvalue weighted by Crippen LogP contribution is -2.30. The van der Waals surface area contributed by atoms with Crippen LogP contribution in [0.3, 0.4) is 0 Å². The van der Waals surface area contributed by atoms with Gasteiger partial charge < -0.3 is 10.6 Å². The molecule has 0 bridgehead atoms. The van der Waals surface area contributed by atoms with E-state index in [4.69, 9.17) is 0 Å². The van der Waals surface area contributed by atoms with Gasteiger partial charge in [0.2, 0.25) is 0 Å². The van der Waals surface area contributed by atoms with Gasteiger partial charge in [-0.05, 0) is 30.9 Å². The molecule has 142 valence electrons. The van der Waals surface area contributed by atoms with Crippen molar-refractivity contribution in [2.24, 2.45) is 0 Å². The highest BCUT2D eigenvalue weighted by Crippen LogP contribution is 2.28.